The maximum atomic E-state index is 11.8. The second kappa shape index (κ2) is 11.7. The normalized spacial score (nSPS) is 9.93. The van der Waals surface area contributed by atoms with Gasteiger partial charge in [0.15, 0.2) is 0 Å². The van der Waals surface area contributed by atoms with E-state index in [-0.39, 0.29) is 6.42 Å². The van der Waals surface area contributed by atoms with Gasteiger partial charge in [-0.2, -0.15) is 0 Å². The van der Waals surface area contributed by atoms with Crippen LogP contribution in [0.5, 0.6) is 0 Å². The molecule has 30 heavy (non-hydrogen) atoms. The molecule has 0 radical (unpaired) electrons. The van der Waals surface area contributed by atoms with E-state index in [2.05, 4.69) is 0 Å². The van der Waals surface area contributed by atoms with Crippen molar-refractivity contribution in [1.29, 1.82) is 0 Å². The smallest absolute Gasteiger partial charge is 0.346 e. The molecule has 3 rings (SSSR count). The number of benzene rings is 2. The van der Waals surface area contributed by atoms with Crippen molar-refractivity contribution in [2.75, 3.05) is 0 Å². The van der Waals surface area contributed by atoms with Crippen molar-refractivity contribution >= 4 is 29.2 Å². The first kappa shape index (κ1) is 23.0. The summed E-state index contributed by atoms with van der Waals surface area (Å²) in [5.74, 6) is -1.97. The van der Waals surface area contributed by atoms with Crippen LogP contribution in [-0.4, -0.2) is 23.0 Å². The lowest BCUT2D eigenvalue weighted by Gasteiger charge is -2.03. The van der Waals surface area contributed by atoms with Crippen LogP contribution in [0, 0.1) is 13.8 Å². The highest BCUT2D eigenvalue weighted by Crippen LogP contribution is 2.12. The average molecular weight is 425 g/mol. The zero-order valence-corrected chi connectivity index (χ0v) is 17.8. The third-order valence-corrected chi connectivity index (χ3v) is 5.09. The van der Waals surface area contributed by atoms with E-state index in [1.165, 1.54) is 4.88 Å². The number of aliphatic carboxylic acids is 1. The lowest BCUT2D eigenvalue weighted by Crippen LogP contribution is -2.12. The fourth-order valence-electron chi connectivity index (χ4n) is 2.45. The molecule has 0 saturated heterocycles. The average Bonchev–Trinajstić information content (AvgIpc) is 3.22. The molecule has 0 atom stereocenters. The van der Waals surface area contributed by atoms with Crippen LogP contribution in [0.1, 0.15) is 49.6 Å². The van der Waals surface area contributed by atoms with Gasteiger partial charge in [0.2, 0.25) is 0 Å². The van der Waals surface area contributed by atoms with E-state index in [0.717, 1.165) is 24.0 Å². The van der Waals surface area contributed by atoms with Crippen LogP contribution in [-0.2, 0) is 16.0 Å². The highest BCUT2D eigenvalue weighted by Gasteiger charge is 2.14. The number of carboxylic acid groups (broad SMARTS) is 1. The zero-order chi connectivity index (χ0) is 21.9. The number of thiophene rings is 1. The van der Waals surface area contributed by atoms with Gasteiger partial charge in [-0.25, -0.2) is 9.59 Å². The molecule has 1 aromatic heterocycles. The Morgan fingerprint density at radius 3 is 1.73 bits per heavy atom. The quantitative estimate of drug-likeness (QED) is 0.420. The van der Waals surface area contributed by atoms with Gasteiger partial charge < -0.3 is 9.84 Å². The van der Waals surface area contributed by atoms with Crippen LogP contribution >= 0.6 is 11.3 Å². The number of esters is 2. The van der Waals surface area contributed by atoms with Crippen molar-refractivity contribution in [2.24, 2.45) is 0 Å². The summed E-state index contributed by atoms with van der Waals surface area (Å²) in [6, 6.07) is 17.8. The Hall–Kier alpha value is -3.25. The summed E-state index contributed by atoms with van der Waals surface area (Å²) >= 11 is 1.68. The minimum Gasteiger partial charge on any atom is -0.481 e. The number of carbonyl (C=O) groups excluding carboxylic acids is 2. The molecule has 0 aliphatic heterocycles. The van der Waals surface area contributed by atoms with Gasteiger partial charge in [0, 0.05) is 11.3 Å². The Balaban J connectivity index is 0.000000248. The van der Waals surface area contributed by atoms with Gasteiger partial charge in [-0.1, -0.05) is 41.5 Å². The van der Waals surface area contributed by atoms with E-state index in [1.807, 2.05) is 31.4 Å². The maximum absolute atomic E-state index is 11.8. The Kier molecular flexibility index (Phi) is 8.97. The zero-order valence-electron chi connectivity index (χ0n) is 17.0. The molecule has 5 nitrogen and oxygen atoms in total. The van der Waals surface area contributed by atoms with Crippen LogP contribution in [0.4, 0.5) is 0 Å². The second-order valence-corrected chi connectivity index (χ2v) is 7.77. The number of ether oxygens (including phenoxy) is 1. The Morgan fingerprint density at radius 1 is 0.833 bits per heavy atom. The number of hydrogen-bond acceptors (Lipinski definition) is 5. The fourth-order valence-corrected chi connectivity index (χ4v) is 3.20. The number of hydrogen-bond donors (Lipinski definition) is 1. The largest absolute Gasteiger partial charge is 0.481 e. The highest BCUT2D eigenvalue weighted by atomic mass is 32.1. The summed E-state index contributed by atoms with van der Waals surface area (Å²) in [7, 11) is 0. The predicted molar refractivity (Wildman–Crippen MR) is 117 cm³/mol. The van der Waals surface area contributed by atoms with Crippen molar-refractivity contribution in [3.63, 3.8) is 0 Å². The second-order valence-electron chi connectivity index (χ2n) is 6.74. The summed E-state index contributed by atoms with van der Waals surface area (Å²) < 4.78 is 4.82. The molecule has 0 fully saturated rings. The summed E-state index contributed by atoms with van der Waals surface area (Å²) in [6.07, 6.45) is 1.91. The van der Waals surface area contributed by atoms with Gasteiger partial charge in [0.25, 0.3) is 0 Å². The van der Waals surface area contributed by atoms with Crippen LogP contribution in [0.15, 0.2) is 66.0 Å². The van der Waals surface area contributed by atoms with Crippen LogP contribution in [0.3, 0.4) is 0 Å². The van der Waals surface area contributed by atoms with E-state index >= 15 is 0 Å². The van der Waals surface area contributed by atoms with Crippen LogP contribution in [0.2, 0.25) is 0 Å². The lowest BCUT2D eigenvalue weighted by molar-refractivity contribution is -0.137. The molecule has 0 saturated carbocycles. The molecule has 0 unspecified atom stereocenters. The van der Waals surface area contributed by atoms with E-state index in [4.69, 9.17) is 9.84 Å². The molecule has 1 heterocycles. The van der Waals surface area contributed by atoms with Gasteiger partial charge in [-0.15, -0.1) is 11.3 Å². The molecule has 3 aromatic rings. The maximum Gasteiger partial charge on any atom is 0.346 e. The standard InChI is InChI=1S/C16H14O3.C8H10O2S/c1-11-3-7-13(8-4-11)15(17)19-16(18)14-9-5-12(2)6-10-14;9-8(10)5-1-3-7-4-2-6-11-7/h3-10H,1-2H3;2,4,6H,1,3,5H2,(H,9,10). The summed E-state index contributed by atoms with van der Waals surface area (Å²) in [5.41, 5.74) is 2.82. The van der Waals surface area contributed by atoms with Gasteiger partial charge in [0.05, 0.1) is 11.1 Å². The van der Waals surface area contributed by atoms with E-state index in [1.54, 1.807) is 59.9 Å². The molecule has 0 bridgehead atoms. The molecular formula is C24H24O5S. The first-order valence-corrected chi connectivity index (χ1v) is 10.4. The van der Waals surface area contributed by atoms with Crippen LogP contribution < -0.4 is 0 Å². The molecule has 0 amide bonds. The molecular weight excluding hydrogens is 400 g/mol. The van der Waals surface area contributed by atoms with Crippen molar-refractivity contribution in [3.8, 4) is 0 Å². The molecule has 0 aliphatic carbocycles. The summed E-state index contributed by atoms with van der Waals surface area (Å²) in [4.78, 5) is 34.9. The number of rotatable bonds is 6. The summed E-state index contributed by atoms with van der Waals surface area (Å²) in [6.45, 7) is 3.85. The monoisotopic (exact) mass is 424 g/mol. The topological polar surface area (TPSA) is 80.7 Å². The number of carboxylic acids is 1. The van der Waals surface area contributed by atoms with E-state index in [9.17, 15) is 14.4 Å². The van der Waals surface area contributed by atoms with Crippen molar-refractivity contribution < 1.29 is 24.2 Å². The molecule has 6 heteroatoms. The minimum absolute atomic E-state index is 0.276. The first-order chi connectivity index (χ1) is 14.3. The van der Waals surface area contributed by atoms with Crippen LogP contribution in [0.25, 0.3) is 0 Å². The lowest BCUT2D eigenvalue weighted by atomic mass is 10.1. The van der Waals surface area contributed by atoms with Crippen molar-refractivity contribution in [1.82, 2.24) is 0 Å². The SMILES string of the molecule is Cc1ccc(C(=O)OC(=O)c2ccc(C)cc2)cc1.O=C(O)CCCc1cccs1. The third-order valence-electron chi connectivity index (χ3n) is 4.15. The first-order valence-electron chi connectivity index (χ1n) is 9.49. The van der Waals surface area contributed by atoms with Gasteiger partial charge in [0.1, 0.15) is 0 Å². The Bertz CT molecular complexity index is 902. The fraction of sp³-hybridized carbons (Fsp3) is 0.208. The highest BCUT2D eigenvalue weighted by molar-refractivity contribution is 7.09. The Labute approximate surface area is 180 Å². The van der Waals surface area contributed by atoms with Gasteiger partial charge in [-0.3, -0.25) is 4.79 Å². The summed E-state index contributed by atoms with van der Waals surface area (Å²) in [5, 5.41) is 10.4. The number of aryl methyl sites for hydroxylation is 3. The molecule has 0 spiro atoms. The van der Waals surface area contributed by atoms with E-state index in [0.29, 0.717) is 11.1 Å². The van der Waals surface area contributed by atoms with Gasteiger partial charge in [-0.05, 0) is 62.4 Å². The van der Waals surface area contributed by atoms with Gasteiger partial charge >= 0.3 is 17.9 Å². The molecule has 1 N–H and O–H groups in total. The molecule has 0 aliphatic rings. The molecule has 2 aromatic carbocycles. The molecule has 156 valence electrons. The van der Waals surface area contributed by atoms with Crippen molar-refractivity contribution in [2.45, 2.75) is 33.1 Å². The third kappa shape index (κ3) is 8.01. The van der Waals surface area contributed by atoms with Crippen molar-refractivity contribution in [3.05, 3.63) is 93.2 Å². The number of carbonyl (C=O) groups is 3. The minimum atomic E-state index is -0.707. The predicted octanol–water partition coefficient (Wildman–Crippen LogP) is 5.46. The Morgan fingerprint density at radius 2 is 1.33 bits per heavy atom. The van der Waals surface area contributed by atoms with E-state index < -0.39 is 17.9 Å².